The molecule has 2 N–H and O–H groups in total. The van der Waals surface area contributed by atoms with Gasteiger partial charge in [0.15, 0.2) is 0 Å². The zero-order valence-corrected chi connectivity index (χ0v) is 12.4. The number of hydrogen-bond acceptors (Lipinski definition) is 3. The summed E-state index contributed by atoms with van der Waals surface area (Å²) in [7, 11) is 0. The predicted molar refractivity (Wildman–Crippen MR) is 82.4 cm³/mol. The molecule has 1 aromatic carbocycles. The van der Waals surface area contributed by atoms with Crippen molar-refractivity contribution in [3.05, 3.63) is 35.9 Å². The first-order valence-electron chi connectivity index (χ1n) is 7.96. The number of likely N-dealkylation sites (tertiary alicyclic amines) is 1. The summed E-state index contributed by atoms with van der Waals surface area (Å²) in [6.45, 7) is 3.85. The van der Waals surface area contributed by atoms with Crippen LogP contribution in [0.25, 0.3) is 0 Å². The summed E-state index contributed by atoms with van der Waals surface area (Å²) in [6, 6.07) is 10.4. The lowest BCUT2D eigenvalue weighted by molar-refractivity contribution is -0.138. The number of nitrogens with zero attached hydrogens (tertiary/aromatic N) is 1. The molecule has 4 heteroatoms. The third kappa shape index (κ3) is 3.83. The van der Waals surface area contributed by atoms with Crippen molar-refractivity contribution in [3.63, 3.8) is 0 Å². The normalized spacial score (nSPS) is 24.1. The maximum absolute atomic E-state index is 11.4. The van der Waals surface area contributed by atoms with Crippen LogP contribution in [0.3, 0.4) is 0 Å². The molecule has 0 bridgehead atoms. The van der Waals surface area contributed by atoms with E-state index in [4.69, 9.17) is 0 Å². The molecule has 21 heavy (non-hydrogen) atoms. The van der Waals surface area contributed by atoms with Crippen LogP contribution in [0.5, 0.6) is 0 Å². The van der Waals surface area contributed by atoms with E-state index in [-0.39, 0.29) is 0 Å². The quantitative estimate of drug-likeness (QED) is 0.805. The number of nitrogens with one attached hydrogen (secondary N) is 1. The summed E-state index contributed by atoms with van der Waals surface area (Å²) in [5.41, 5.74) is 0.878. The van der Waals surface area contributed by atoms with Crippen LogP contribution in [0.2, 0.25) is 0 Å². The Bertz CT molecular complexity index is 473. The first-order chi connectivity index (χ1) is 10.2. The SMILES string of the molecule is O=C(O)C(CNCC1CCN(C2CC2)C1)c1ccccc1. The Labute approximate surface area is 126 Å². The molecule has 1 saturated heterocycles. The van der Waals surface area contributed by atoms with Gasteiger partial charge in [-0.05, 0) is 43.8 Å². The van der Waals surface area contributed by atoms with Gasteiger partial charge in [-0.2, -0.15) is 0 Å². The average molecular weight is 288 g/mol. The molecule has 0 amide bonds. The molecule has 1 aliphatic carbocycles. The van der Waals surface area contributed by atoms with Gasteiger partial charge in [-0.25, -0.2) is 0 Å². The van der Waals surface area contributed by atoms with Crippen LogP contribution >= 0.6 is 0 Å². The zero-order valence-electron chi connectivity index (χ0n) is 12.4. The van der Waals surface area contributed by atoms with Crippen LogP contribution in [-0.2, 0) is 4.79 Å². The highest BCUT2D eigenvalue weighted by molar-refractivity contribution is 5.76. The minimum atomic E-state index is -0.750. The summed E-state index contributed by atoms with van der Waals surface area (Å²) in [5.74, 6) is -0.525. The van der Waals surface area contributed by atoms with Gasteiger partial charge in [0.2, 0.25) is 0 Å². The standard InChI is InChI=1S/C17H24N2O2/c20-17(21)16(14-4-2-1-3-5-14)11-18-10-13-8-9-19(12-13)15-6-7-15/h1-5,13,15-16,18H,6-12H2,(H,20,21). The van der Waals surface area contributed by atoms with Gasteiger partial charge in [-0.3, -0.25) is 4.79 Å². The van der Waals surface area contributed by atoms with Crippen LogP contribution in [0.4, 0.5) is 0 Å². The second-order valence-electron chi connectivity index (χ2n) is 6.34. The fraction of sp³-hybridized carbons (Fsp3) is 0.588. The Balaban J connectivity index is 1.45. The number of carbonyl (C=O) groups is 1. The topological polar surface area (TPSA) is 52.6 Å². The van der Waals surface area contributed by atoms with E-state index < -0.39 is 11.9 Å². The maximum Gasteiger partial charge on any atom is 0.312 e. The molecule has 2 aliphatic rings. The molecule has 1 saturated carbocycles. The van der Waals surface area contributed by atoms with E-state index in [0.29, 0.717) is 12.5 Å². The third-order valence-electron chi connectivity index (χ3n) is 4.66. The van der Waals surface area contributed by atoms with Crippen molar-refractivity contribution < 1.29 is 9.90 Å². The largest absolute Gasteiger partial charge is 0.481 e. The Morgan fingerprint density at radius 3 is 2.71 bits per heavy atom. The highest BCUT2D eigenvalue weighted by Gasteiger charge is 2.34. The molecule has 0 spiro atoms. The number of hydrogen-bond donors (Lipinski definition) is 2. The lowest BCUT2D eigenvalue weighted by Gasteiger charge is -2.17. The van der Waals surface area contributed by atoms with Crippen molar-refractivity contribution in [2.24, 2.45) is 5.92 Å². The molecular weight excluding hydrogens is 264 g/mol. The molecular formula is C17H24N2O2. The zero-order chi connectivity index (χ0) is 14.7. The summed E-state index contributed by atoms with van der Waals surface area (Å²) in [4.78, 5) is 14.0. The van der Waals surface area contributed by atoms with Crippen molar-refractivity contribution >= 4 is 5.97 Å². The minimum absolute atomic E-state index is 0.452. The van der Waals surface area contributed by atoms with Crippen LogP contribution in [0.1, 0.15) is 30.7 Å². The van der Waals surface area contributed by atoms with Crippen molar-refractivity contribution in [1.29, 1.82) is 0 Å². The summed E-state index contributed by atoms with van der Waals surface area (Å²) >= 11 is 0. The van der Waals surface area contributed by atoms with E-state index in [0.717, 1.165) is 18.2 Å². The second-order valence-corrected chi connectivity index (χ2v) is 6.34. The van der Waals surface area contributed by atoms with Gasteiger partial charge in [0.1, 0.15) is 0 Å². The summed E-state index contributed by atoms with van der Waals surface area (Å²) in [5, 5.41) is 12.8. The molecule has 2 atom stereocenters. The molecule has 0 aromatic heterocycles. The Hall–Kier alpha value is -1.39. The first kappa shape index (κ1) is 14.5. The molecule has 0 radical (unpaired) electrons. The average Bonchev–Trinajstić information content (AvgIpc) is 3.24. The number of rotatable bonds is 7. The summed E-state index contributed by atoms with van der Waals surface area (Å²) < 4.78 is 0. The molecule has 1 aliphatic heterocycles. The number of benzene rings is 1. The monoisotopic (exact) mass is 288 g/mol. The molecule has 4 nitrogen and oxygen atoms in total. The van der Waals surface area contributed by atoms with Crippen molar-refractivity contribution in [3.8, 4) is 0 Å². The van der Waals surface area contributed by atoms with Gasteiger partial charge in [-0.15, -0.1) is 0 Å². The molecule has 114 valence electrons. The lowest BCUT2D eigenvalue weighted by Crippen LogP contribution is -2.32. The fourth-order valence-corrected chi connectivity index (χ4v) is 3.27. The van der Waals surface area contributed by atoms with E-state index in [1.54, 1.807) is 0 Å². The van der Waals surface area contributed by atoms with Crippen LogP contribution in [0, 0.1) is 5.92 Å². The number of carboxylic acid groups (broad SMARTS) is 1. The van der Waals surface area contributed by atoms with Gasteiger partial charge in [0, 0.05) is 19.1 Å². The maximum atomic E-state index is 11.4. The van der Waals surface area contributed by atoms with Gasteiger partial charge in [0.05, 0.1) is 5.92 Å². The van der Waals surface area contributed by atoms with Crippen molar-refractivity contribution in [1.82, 2.24) is 10.2 Å². The van der Waals surface area contributed by atoms with Gasteiger partial charge in [0.25, 0.3) is 0 Å². The predicted octanol–water partition coefficient (Wildman–Crippen LogP) is 1.93. The third-order valence-corrected chi connectivity index (χ3v) is 4.66. The van der Waals surface area contributed by atoms with E-state index in [1.807, 2.05) is 30.3 Å². The van der Waals surface area contributed by atoms with E-state index in [1.165, 1.54) is 32.4 Å². The smallest absolute Gasteiger partial charge is 0.312 e. The number of aliphatic carboxylic acids is 1. The minimum Gasteiger partial charge on any atom is -0.481 e. The van der Waals surface area contributed by atoms with Gasteiger partial charge >= 0.3 is 5.97 Å². The van der Waals surface area contributed by atoms with E-state index in [2.05, 4.69) is 10.2 Å². The van der Waals surface area contributed by atoms with Crippen LogP contribution < -0.4 is 5.32 Å². The molecule has 2 unspecified atom stereocenters. The Morgan fingerprint density at radius 1 is 1.29 bits per heavy atom. The second kappa shape index (κ2) is 6.58. The van der Waals surface area contributed by atoms with Crippen LogP contribution in [0.15, 0.2) is 30.3 Å². The highest BCUT2D eigenvalue weighted by atomic mass is 16.4. The van der Waals surface area contributed by atoms with Crippen molar-refractivity contribution in [2.45, 2.75) is 31.2 Å². The van der Waals surface area contributed by atoms with Crippen molar-refractivity contribution in [2.75, 3.05) is 26.2 Å². The number of carboxylic acids is 1. The van der Waals surface area contributed by atoms with Crippen LogP contribution in [-0.4, -0.2) is 48.2 Å². The molecule has 1 aromatic rings. The van der Waals surface area contributed by atoms with Gasteiger partial charge in [-0.1, -0.05) is 30.3 Å². The summed E-state index contributed by atoms with van der Waals surface area (Å²) in [6.07, 6.45) is 3.98. The fourth-order valence-electron chi connectivity index (χ4n) is 3.27. The van der Waals surface area contributed by atoms with E-state index in [9.17, 15) is 9.90 Å². The molecule has 3 rings (SSSR count). The first-order valence-corrected chi connectivity index (χ1v) is 7.96. The lowest BCUT2D eigenvalue weighted by atomic mass is 9.99. The Kier molecular flexibility index (Phi) is 4.56. The molecule has 1 heterocycles. The van der Waals surface area contributed by atoms with Gasteiger partial charge < -0.3 is 15.3 Å². The highest BCUT2D eigenvalue weighted by Crippen LogP contribution is 2.31. The molecule has 2 fully saturated rings. The Morgan fingerprint density at radius 2 is 2.05 bits per heavy atom. The van der Waals surface area contributed by atoms with E-state index >= 15 is 0 Å².